The predicted octanol–water partition coefficient (Wildman–Crippen LogP) is 17.5. The average Bonchev–Trinajstić information content (AvgIpc) is 3.17. The third kappa shape index (κ3) is 66.1. The van der Waals surface area contributed by atoms with E-state index in [2.05, 4.69) is 30.5 Å². The first kappa shape index (κ1) is 57.6. The third-order valence-corrected chi connectivity index (χ3v) is 10.7. The minimum atomic E-state index is -0.659. The zero-order chi connectivity index (χ0) is 40.1. The molecule has 0 aliphatic carbocycles. The Labute approximate surface area is 339 Å². The predicted molar refractivity (Wildman–Crippen MR) is 236 cm³/mol. The molecule has 0 atom stereocenters. The van der Waals surface area contributed by atoms with Crippen LogP contribution in [0.1, 0.15) is 290 Å². The van der Waals surface area contributed by atoms with Gasteiger partial charge < -0.3 is 5.11 Å². The fourth-order valence-electron chi connectivity index (χ4n) is 7.02. The molecule has 0 amide bonds. The normalized spacial score (nSPS) is 10.9. The molecule has 0 unspecified atom stereocenters. The van der Waals surface area contributed by atoms with Gasteiger partial charge in [0.25, 0.3) is 0 Å². The Hall–Kier alpha value is -0.690. The standard InChI is InChI=1S/2C18H38O2.C12H24O2/c2*1-2-3-4-5-6-7-8-9-10-11-12-13-14-15-16-17-18-20-19;1-2-3-4-5-6-7-8-9-10-11-12(13)14/h2*19H,2-18H2,1H3;2-11H2,1H3,(H,13,14). The van der Waals surface area contributed by atoms with Gasteiger partial charge in [-0.15, -0.1) is 0 Å². The molecule has 0 fully saturated rings. The van der Waals surface area contributed by atoms with E-state index in [1.807, 2.05) is 0 Å². The Morgan fingerprint density at radius 3 is 0.630 bits per heavy atom. The lowest BCUT2D eigenvalue weighted by molar-refractivity contribution is -0.242. The van der Waals surface area contributed by atoms with Gasteiger partial charge in [0.2, 0.25) is 0 Å². The maximum Gasteiger partial charge on any atom is 0.303 e. The van der Waals surface area contributed by atoms with Crippen molar-refractivity contribution in [2.24, 2.45) is 0 Å². The molecule has 0 radical (unpaired) electrons. The number of hydrogen-bond acceptors (Lipinski definition) is 5. The zero-order valence-electron chi connectivity index (χ0n) is 37.2. The van der Waals surface area contributed by atoms with Gasteiger partial charge in [-0.05, 0) is 19.3 Å². The van der Waals surface area contributed by atoms with Crippen LogP contribution in [0.5, 0.6) is 0 Å². The number of hydrogen-bond donors (Lipinski definition) is 3. The first-order chi connectivity index (χ1) is 26.6. The van der Waals surface area contributed by atoms with Crippen molar-refractivity contribution >= 4 is 5.97 Å². The summed E-state index contributed by atoms with van der Waals surface area (Å²) in [7, 11) is 0. The topological polar surface area (TPSA) is 96.2 Å². The lowest BCUT2D eigenvalue weighted by Crippen LogP contribution is -1.93. The third-order valence-electron chi connectivity index (χ3n) is 10.7. The summed E-state index contributed by atoms with van der Waals surface area (Å²) in [4.78, 5) is 18.3. The van der Waals surface area contributed by atoms with Crippen LogP contribution in [0.4, 0.5) is 0 Å². The van der Waals surface area contributed by atoms with E-state index in [4.69, 9.17) is 15.6 Å². The summed E-state index contributed by atoms with van der Waals surface area (Å²) in [6, 6.07) is 0. The molecule has 0 spiro atoms. The molecule has 3 N–H and O–H groups in total. The molecule has 0 aliphatic rings. The number of unbranched alkanes of at least 4 members (excludes halogenated alkanes) is 38. The van der Waals surface area contributed by atoms with E-state index in [0.717, 1.165) is 25.7 Å². The van der Waals surface area contributed by atoms with E-state index in [1.165, 1.54) is 238 Å². The van der Waals surface area contributed by atoms with Crippen LogP contribution < -0.4 is 0 Å². The highest BCUT2D eigenvalue weighted by atomic mass is 17.1. The van der Waals surface area contributed by atoms with Gasteiger partial charge in [0.15, 0.2) is 0 Å². The molecule has 0 rings (SSSR count). The number of carbonyl (C=O) groups is 1. The van der Waals surface area contributed by atoms with Gasteiger partial charge in [-0.1, -0.05) is 265 Å². The van der Waals surface area contributed by atoms with E-state index in [0.29, 0.717) is 19.6 Å². The molecule has 0 aromatic rings. The van der Waals surface area contributed by atoms with Crippen LogP contribution in [0.3, 0.4) is 0 Å². The van der Waals surface area contributed by atoms with Crippen LogP contribution in [-0.2, 0) is 14.6 Å². The molecule has 0 heterocycles. The first-order valence-corrected chi connectivity index (χ1v) is 24.3. The molecule has 0 bridgehead atoms. The quantitative estimate of drug-likeness (QED) is 0.0324. The number of carboxylic acid groups (broad SMARTS) is 1. The highest BCUT2D eigenvalue weighted by Crippen LogP contribution is 2.15. The van der Waals surface area contributed by atoms with Crippen molar-refractivity contribution in [3.63, 3.8) is 0 Å². The molecule has 0 saturated carbocycles. The highest BCUT2D eigenvalue weighted by molar-refractivity contribution is 5.66. The van der Waals surface area contributed by atoms with E-state index in [9.17, 15) is 4.79 Å². The summed E-state index contributed by atoms with van der Waals surface area (Å²) in [6.07, 6.45) is 55.4. The smallest absolute Gasteiger partial charge is 0.303 e. The molecule has 6 heteroatoms. The van der Waals surface area contributed by atoms with E-state index in [1.54, 1.807) is 0 Å². The minimum absolute atomic E-state index is 0.343. The Morgan fingerprint density at radius 2 is 0.463 bits per heavy atom. The lowest BCUT2D eigenvalue weighted by Gasteiger charge is -2.03. The van der Waals surface area contributed by atoms with Crippen LogP contribution >= 0.6 is 0 Å². The average molecular weight is 773 g/mol. The maximum absolute atomic E-state index is 10.2. The van der Waals surface area contributed by atoms with Gasteiger partial charge in [0.1, 0.15) is 0 Å². The van der Waals surface area contributed by atoms with Gasteiger partial charge >= 0.3 is 5.97 Å². The number of carboxylic acids is 1. The molecule has 6 nitrogen and oxygen atoms in total. The second-order valence-electron chi connectivity index (χ2n) is 16.2. The Kier molecular flexibility index (Phi) is 63.0. The zero-order valence-corrected chi connectivity index (χ0v) is 37.2. The molecule has 0 aromatic heterocycles. The van der Waals surface area contributed by atoms with Gasteiger partial charge in [-0.3, -0.25) is 15.3 Å². The van der Waals surface area contributed by atoms with Gasteiger partial charge in [0, 0.05) is 6.42 Å². The fraction of sp³-hybridized carbons (Fsp3) is 0.979. The fourth-order valence-corrected chi connectivity index (χ4v) is 7.02. The largest absolute Gasteiger partial charge is 0.481 e. The van der Waals surface area contributed by atoms with Crippen LogP contribution in [0.15, 0.2) is 0 Å². The Balaban J connectivity index is -0.000000736. The van der Waals surface area contributed by atoms with Crippen LogP contribution in [0, 0.1) is 0 Å². The SMILES string of the molecule is CCCCCCCCCCCC(=O)O.CCCCCCCCCCCCCCCCCCOO.CCCCCCCCCCCCCCCCCCOO. The van der Waals surface area contributed by atoms with Crippen molar-refractivity contribution in [2.75, 3.05) is 13.2 Å². The second kappa shape index (κ2) is 59.0. The minimum Gasteiger partial charge on any atom is -0.481 e. The Bertz CT molecular complexity index is 544. The molecule has 0 aliphatic heterocycles. The number of rotatable bonds is 44. The first-order valence-electron chi connectivity index (χ1n) is 24.3. The van der Waals surface area contributed by atoms with Crippen LogP contribution in [0.25, 0.3) is 0 Å². The van der Waals surface area contributed by atoms with E-state index >= 15 is 0 Å². The molecule has 328 valence electrons. The van der Waals surface area contributed by atoms with Crippen molar-refractivity contribution in [1.82, 2.24) is 0 Å². The van der Waals surface area contributed by atoms with Gasteiger partial charge in [-0.2, -0.15) is 0 Å². The van der Waals surface area contributed by atoms with Gasteiger partial charge in [0.05, 0.1) is 13.2 Å². The van der Waals surface area contributed by atoms with Crippen molar-refractivity contribution < 1.29 is 30.2 Å². The summed E-state index contributed by atoms with van der Waals surface area (Å²) in [5, 5.41) is 24.8. The van der Waals surface area contributed by atoms with E-state index in [-0.39, 0.29) is 0 Å². The van der Waals surface area contributed by atoms with Crippen LogP contribution in [-0.4, -0.2) is 34.8 Å². The van der Waals surface area contributed by atoms with E-state index < -0.39 is 5.97 Å². The molecule has 0 saturated heterocycles. The van der Waals surface area contributed by atoms with Crippen LogP contribution in [0.2, 0.25) is 0 Å². The monoisotopic (exact) mass is 773 g/mol. The summed E-state index contributed by atoms with van der Waals surface area (Å²) in [5.41, 5.74) is 0. The summed E-state index contributed by atoms with van der Waals surface area (Å²) in [6.45, 7) is 7.79. The van der Waals surface area contributed by atoms with Crippen molar-refractivity contribution in [2.45, 2.75) is 290 Å². The van der Waals surface area contributed by atoms with Crippen molar-refractivity contribution in [1.29, 1.82) is 0 Å². The lowest BCUT2D eigenvalue weighted by atomic mass is 10.0. The van der Waals surface area contributed by atoms with Gasteiger partial charge in [-0.25, -0.2) is 9.78 Å². The number of aliphatic carboxylic acids is 1. The molecular weight excluding hydrogens is 673 g/mol. The van der Waals surface area contributed by atoms with Crippen molar-refractivity contribution in [3.05, 3.63) is 0 Å². The Morgan fingerprint density at radius 1 is 0.296 bits per heavy atom. The van der Waals surface area contributed by atoms with Crippen molar-refractivity contribution in [3.8, 4) is 0 Å². The summed E-state index contributed by atoms with van der Waals surface area (Å²) >= 11 is 0. The maximum atomic E-state index is 10.2. The molecule has 54 heavy (non-hydrogen) atoms. The summed E-state index contributed by atoms with van der Waals surface area (Å²) < 4.78 is 0. The summed E-state index contributed by atoms with van der Waals surface area (Å²) in [5.74, 6) is -0.659. The molecule has 0 aromatic carbocycles. The molecular formula is C48H100O6. The second-order valence-corrected chi connectivity index (χ2v) is 16.2. The highest BCUT2D eigenvalue weighted by Gasteiger charge is 1.98.